The van der Waals surface area contributed by atoms with E-state index in [0.29, 0.717) is 13.0 Å². The Hall–Kier alpha value is -2.28. The van der Waals surface area contributed by atoms with Gasteiger partial charge in [0.15, 0.2) is 6.29 Å². The molecule has 6 heteroatoms. The summed E-state index contributed by atoms with van der Waals surface area (Å²) in [4.78, 5) is 21.1. The van der Waals surface area contributed by atoms with Crippen molar-refractivity contribution in [2.45, 2.75) is 25.2 Å². The van der Waals surface area contributed by atoms with Crippen molar-refractivity contribution >= 4 is 5.57 Å². The number of fused-ring (bicyclic) bond motifs is 1. The van der Waals surface area contributed by atoms with Crippen molar-refractivity contribution in [1.29, 1.82) is 0 Å². The smallest absolute Gasteiger partial charge is 0.254 e. The van der Waals surface area contributed by atoms with E-state index in [2.05, 4.69) is 28.0 Å². The molecular weight excluding hydrogens is 330 g/mol. The van der Waals surface area contributed by atoms with Gasteiger partial charge in [-0.05, 0) is 25.5 Å². The predicted molar refractivity (Wildman–Crippen MR) is 98.7 cm³/mol. The lowest BCUT2D eigenvalue weighted by atomic mass is 10.1. The molecule has 6 nitrogen and oxygen atoms in total. The van der Waals surface area contributed by atoms with Crippen LogP contribution >= 0.6 is 0 Å². The van der Waals surface area contributed by atoms with Gasteiger partial charge in [0, 0.05) is 24.2 Å². The first-order chi connectivity index (χ1) is 12.7. The maximum Gasteiger partial charge on any atom is 0.254 e. The van der Waals surface area contributed by atoms with Crippen LogP contribution in [0.5, 0.6) is 0 Å². The van der Waals surface area contributed by atoms with Crippen LogP contribution in [0.1, 0.15) is 29.5 Å². The Morgan fingerprint density at radius 3 is 3.00 bits per heavy atom. The van der Waals surface area contributed by atoms with Gasteiger partial charge in [-0.15, -0.1) is 0 Å². The minimum atomic E-state index is -0.296. The minimum Gasteiger partial charge on any atom is -0.348 e. The van der Waals surface area contributed by atoms with Gasteiger partial charge in [-0.1, -0.05) is 36.4 Å². The molecule has 0 spiro atoms. The topological polar surface area (TPSA) is 67.5 Å². The van der Waals surface area contributed by atoms with Crippen LogP contribution in [-0.2, 0) is 15.9 Å². The molecule has 1 aromatic carbocycles. The fourth-order valence-electron chi connectivity index (χ4n) is 3.57. The van der Waals surface area contributed by atoms with Crippen LogP contribution in [-0.4, -0.2) is 47.7 Å². The quantitative estimate of drug-likeness (QED) is 0.892. The van der Waals surface area contributed by atoms with Crippen molar-refractivity contribution in [2.75, 3.05) is 26.7 Å². The molecule has 2 heterocycles. The number of ether oxygens (including phenoxy) is 2. The van der Waals surface area contributed by atoms with Crippen molar-refractivity contribution in [3.8, 4) is 0 Å². The standard InChI is InChI=1S/C20H23N3O3/c1-23(11-15-7-8-17-18(15)21-13-22-19(17)24)12-16-9-10-25-20(26-16)14-5-3-2-4-6-14/h2-7,13,16,20H,8-12H2,1H3,(H,21,22,24). The van der Waals surface area contributed by atoms with E-state index in [1.54, 1.807) is 0 Å². The Morgan fingerprint density at radius 2 is 2.15 bits per heavy atom. The molecule has 0 bridgehead atoms. The number of nitrogens with one attached hydrogen (secondary N) is 1. The number of likely N-dealkylation sites (N-methyl/N-ethyl adjacent to an activating group) is 1. The van der Waals surface area contributed by atoms with E-state index in [0.717, 1.165) is 41.9 Å². The van der Waals surface area contributed by atoms with E-state index in [1.165, 1.54) is 6.33 Å². The van der Waals surface area contributed by atoms with Crippen LogP contribution in [0.3, 0.4) is 0 Å². The van der Waals surface area contributed by atoms with Gasteiger partial charge >= 0.3 is 0 Å². The number of H-pyrrole nitrogens is 1. The van der Waals surface area contributed by atoms with Gasteiger partial charge in [0.1, 0.15) is 0 Å². The fraction of sp³-hybridized carbons (Fsp3) is 0.400. The maximum atomic E-state index is 11.9. The minimum absolute atomic E-state index is 0.0395. The molecular formula is C20H23N3O3. The van der Waals surface area contributed by atoms with E-state index in [-0.39, 0.29) is 18.0 Å². The molecule has 1 saturated heterocycles. The van der Waals surface area contributed by atoms with Crippen LogP contribution in [0.2, 0.25) is 0 Å². The third kappa shape index (κ3) is 3.62. The molecule has 2 aromatic rings. The molecule has 1 N–H and O–H groups in total. The summed E-state index contributed by atoms with van der Waals surface area (Å²) in [6.45, 7) is 2.25. The molecule has 2 atom stereocenters. The van der Waals surface area contributed by atoms with Crippen molar-refractivity contribution < 1.29 is 9.47 Å². The first kappa shape index (κ1) is 17.1. The molecule has 1 aliphatic heterocycles. The van der Waals surface area contributed by atoms with Gasteiger partial charge in [0.05, 0.1) is 24.7 Å². The van der Waals surface area contributed by atoms with Crippen LogP contribution in [0.15, 0.2) is 47.5 Å². The van der Waals surface area contributed by atoms with Crippen LogP contribution in [0.4, 0.5) is 0 Å². The van der Waals surface area contributed by atoms with E-state index < -0.39 is 0 Å². The first-order valence-electron chi connectivity index (χ1n) is 8.97. The lowest BCUT2D eigenvalue weighted by molar-refractivity contribution is -0.219. The summed E-state index contributed by atoms with van der Waals surface area (Å²) < 4.78 is 11.9. The summed E-state index contributed by atoms with van der Waals surface area (Å²) in [5.41, 5.74) is 3.72. The second kappa shape index (κ2) is 7.53. The van der Waals surface area contributed by atoms with Gasteiger partial charge < -0.3 is 14.5 Å². The molecule has 1 aliphatic carbocycles. The van der Waals surface area contributed by atoms with Crippen molar-refractivity contribution in [1.82, 2.24) is 14.9 Å². The number of hydrogen-bond acceptors (Lipinski definition) is 5. The monoisotopic (exact) mass is 353 g/mol. The zero-order valence-corrected chi connectivity index (χ0v) is 14.9. The number of rotatable bonds is 5. The van der Waals surface area contributed by atoms with Crippen LogP contribution in [0, 0.1) is 0 Å². The second-order valence-electron chi connectivity index (χ2n) is 6.85. The van der Waals surface area contributed by atoms with E-state index >= 15 is 0 Å². The lowest BCUT2D eigenvalue weighted by Crippen LogP contribution is -2.37. The number of nitrogens with zero attached hydrogens (tertiary/aromatic N) is 2. The highest BCUT2D eigenvalue weighted by molar-refractivity contribution is 5.70. The fourth-order valence-corrected chi connectivity index (χ4v) is 3.57. The lowest BCUT2D eigenvalue weighted by Gasteiger charge is -2.33. The molecule has 26 heavy (non-hydrogen) atoms. The van der Waals surface area contributed by atoms with Crippen LogP contribution < -0.4 is 5.56 Å². The molecule has 0 radical (unpaired) electrons. The Balaban J connectivity index is 1.36. The van der Waals surface area contributed by atoms with Gasteiger partial charge in [0.2, 0.25) is 0 Å². The molecule has 0 amide bonds. The van der Waals surface area contributed by atoms with Crippen molar-refractivity contribution in [3.63, 3.8) is 0 Å². The van der Waals surface area contributed by atoms with Gasteiger partial charge in [-0.2, -0.15) is 0 Å². The second-order valence-corrected chi connectivity index (χ2v) is 6.85. The van der Waals surface area contributed by atoms with Crippen molar-refractivity contribution in [2.24, 2.45) is 0 Å². The SMILES string of the molecule is CN(CC1=CCc2c1nc[nH]c2=O)CC1CCOC(c2ccccc2)O1. The first-order valence-corrected chi connectivity index (χ1v) is 8.97. The molecule has 136 valence electrons. The number of aromatic nitrogens is 2. The average molecular weight is 353 g/mol. The summed E-state index contributed by atoms with van der Waals surface area (Å²) in [7, 11) is 2.07. The molecule has 0 saturated carbocycles. The van der Waals surface area contributed by atoms with Crippen LogP contribution in [0.25, 0.3) is 5.57 Å². The van der Waals surface area contributed by atoms with Crippen molar-refractivity contribution in [3.05, 3.63) is 69.9 Å². The van der Waals surface area contributed by atoms with E-state index in [1.807, 2.05) is 30.3 Å². The van der Waals surface area contributed by atoms with E-state index in [9.17, 15) is 4.79 Å². The third-order valence-corrected chi connectivity index (χ3v) is 4.86. The Kier molecular flexibility index (Phi) is 4.97. The normalized spacial score (nSPS) is 22.3. The number of hydrogen-bond donors (Lipinski definition) is 1. The Bertz CT molecular complexity index is 847. The van der Waals surface area contributed by atoms with Gasteiger partial charge in [-0.3, -0.25) is 9.69 Å². The number of benzene rings is 1. The number of allylic oxidation sites excluding steroid dienone is 1. The summed E-state index contributed by atoms with van der Waals surface area (Å²) in [6.07, 6.45) is 4.93. The Labute approximate surface area is 152 Å². The predicted octanol–water partition coefficient (Wildman–Crippen LogP) is 2.15. The highest BCUT2D eigenvalue weighted by Gasteiger charge is 2.26. The summed E-state index contributed by atoms with van der Waals surface area (Å²) >= 11 is 0. The zero-order chi connectivity index (χ0) is 17.9. The van der Waals surface area contributed by atoms with Gasteiger partial charge in [-0.25, -0.2) is 4.98 Å². The Morgan fingerprint density at radius 1 is 1.31 bits per heavy atom. The van der Waals surface area contributed by atoms with Gasteiger partial charge in [0.25, 0.3) is 5.56 Å². The highest BCUT2D eigenvalue weighted by Crippen LogP contribution is 2.27. The summed E-state index contributed by atoms with van der Waals surface area (Å²) in [5, 5.41) is 0. The summed E-state index contributed by atoms with van der Waals surface area (Å²) in [5.74, 6) is 0. The maximum absolute atomic E-state index is 11.9. The molecule has 1 aromatic heterocycles. The molecule has 2 aliphatic rings. The molecule has 1 fully saturated rings. The summed E-state index contributed by atoms with van der Waals surface area (Å²) in [6, 6.07) is 10.0. The largest absolute Gasteiger partial charge is 0.348 e. The molecule has 4 rings (SSSR count). The number of aromatic amines is 1. The zero-order valence-electron chi connectivity index (χ0n) is 14.9. The molecule has 2 unspecified atom stereocenters. The average Bonchev–Trinajstić information content (AvgIpc) is 3.07. The van der Waals surface area contributed by atoms with E-state index in [4.69, 9.17) is 9.47 Å². The highest BCUT2D eigenvalue weighted by atomic mass is 16.7. The third-order valence-electron chi connectivity index (χ3n) is 4.86.